The maximum absolute atomic E-state index is 12.4. The molecule has 0 aliphatic heterocycles. The Bertz CT molecular complexity index is 436. The molecule has 1 aromatic rings. The van der Waals surface area contributed by atoms with E-state index < -0.39 is 0 Å². The predicted molar refractivity (Wildman–Crippen MR) is 81.2 cm³/mol. The zero-order chi connectivity index (χ0) is 13.1. The topological polar surface area (TPSA) is 20.3 Å². The van der Waals surface area contributed by atoms with Gasteiger partial charge in [0, 0.05) is 28.0 Å². The van der Waals surface area contributed by atoms with Crippen molar-refractivity contribution in [1.29, 1.82) is 0 Å². The van der Waals surface area contributed by atoms with Crippen LogP contribution in [0, 0.1) is 0 Å². The summed E-state index contributed by atoms with van der Waals surface area (Å²) in [5, 5.41) is 0. The first kappa shape index (κ1) is 14.1. The fourth-order valence-electron chi connectivity index (χ4n) is 2.48. The maximum Gasteiger partial charge on any atom is 0.253 e. The van der Waals surface area contributed by atoms with Crippen molar-refractivity contribution in [2.75, 3.05) is 7.05 Å². The first-order valence-corrected chi connectivity index (χ1v) is 7.97. The van der Waals surface area contributed by atoms with E-state index in [1.54, 1.807) is 0 Å². The van der Waals surface area contributed by atoms with Crippen LogP contribution in [0.5, 0.6) is 0 Å². The molecule has 1 aromatic carbocycles. The van der Waals surface area contributed by atoms with Gasteiger partial charge in [-0.2, -0.15) is 0 Å². The third-order valence-electron chi connectivity index (χ3n) is 3.54. The van der Waals surface area contributed by atoms with Gasteiger partial charge in [-0.25, -0.2) is 0 Å². The van der Waals surface area contributed by atoms with Crippen LogP contribution in [0.25, 0.3) is 0 Å². The van der Waals surface area contributed by atoms with Crippen molar-refractivity contribution in [3.63, 3.8) is 0 Å². The quantitative estimate of drug-likeness (QED) is 0.709. The second kappa shape index (κ2) is 6.20. The lowest BCUT2D eigenvalue weighted by atomic mass is 9.94. The van der Waals surface area contributed by atoms with Crippen molar-refractivity contribution in [2.45, 2.75) is 36.6 Å². The lowest BCUT2D eigenvalue weighted by Gasteiger charge is -2.35. The van der Waals surface area contributed by atoms with Crippen LogP contribution in [-0.4, -0.2) is 28.7 Å². The van der Waals surface area contributed by atoms with E-state index in [1.807, 2.05) is 36.2 Å². The molecule has 2 rings (SSSR count). The van der Waals surface area contributed by atoms with E-state index in [2.05, 4.69) is 31.9 Å². The van der Waals surface area contributed by atoms with Crippen LogP contribution >= 0.6 is 31.9 Å². The smallest absolute Gasteiger partial charge is 0.253 e. The van der Waals surface area contributed by atoms with Gasteiger partial charge in [0.05, 0.1) is 0 Å². The Kier molecular flexibility index (Phi) is 4.84. The van der Waals surface area contributed by atoms with Crippen molar-refractivity contribution in [3.8, 4) is 0 Å². The lowest BCUT2D eigenvalue weighted by Crippen LogP contribution is -2.44. The zero-order valence-electron chi connectivity index (χ0n) is 10.4. The summed E-state index contributed by atoms with van der Waals surface area (Å²) in [5.41, 5.74) is 0.747. The van der Waals surface area contributed by atoms with E-state index in [0.29, 0.717) is 10.9 Å². The van der Waals surface area contributed by atoms with Gasteiger partial charge in [-0.1, -0.05) is 50.8 Å². The van der Waals surface area contributed by atoms with Gasteiger partial charge < -0.3 is 4.90 Å². The van der Waals surface area contributed by atoms with Gasteiger partial charge in [0.1, 0.15) is 0 Å². The third kappa shape index (κ3) is 3.15. The minimum Gasteiger partial charge on any atom is -0.338 e. The highest BCUT2D eigenvalue weighted by molar-refractivity contribution is 9.10. The average molecular weight is 375 g/mol. The number of carbonyl (C=O) groups is 1. The Morgan fingerprint density at radius 2 is 2.06 bits per heavy atom. The van der Waals surface area contributed by atoms with Crippen molar-refractivity contribution in [3.05, 3.63) is 34.3 Å². The number of carbonyl (C=O) groups excluding carboxylic acids is 1. The molecule has 1 fully saturated rings. The Morgan fingerprint density at radius 1 is 1.33 bits per heavy atom. The van der Waals surface area contributed by atoms with E-state index in [4.69, 9.17) is 0 Å². The van der Waals surface area contributed by atoms with Gasteiger partial charge in [-0.15, -0.1) is 0 Å². The average Bonchev–Trinajstić information content (AvgIpc) is 2.37. The second-order valence-corrected chi connectivity index (χ2v) is 6.89. The van der Waals surface area contributed by atoms with E-state index in [9.17, 15) is 4.79 Å². The molecule has 1 saturated carbocycles. The molecule has 4 heteroatoms. The minimum absolute atomic E-state index is 0.104. The number of halogens is 2. The van der Waals surface area contributed by atoms with Gasteiger partial charge >= 0.3 is 0 Å². The van der Waals surface area contributed by atoms with Gasteiger partial charge in [0.2, 0.25) is 0 Å². The Balaban J connectivity index is 2.13. The molecular weight excluding hydrogens is 358 g/mol. The summed E-state index contributed by atoms with van der Waals surface area (Å²) >= 11 is 7.11. The summed E-state index contributed by atoms with van der Waals surface area (Å²) in [5.74, 6) is 0.104. The zero-order valence-corrected chi connectivity index (χ0v) is 13.6. The molecule has 98 valence electrons. The summed E-state index contributed by atoms with van der Waals surface area (Å²) in [6.45, 7) is 0. The van der Waals surface area contributed by atoms with Crippen LogP contribution in [0.3, 0.4) is 0 Å². The molecule has 1 aliphatic rings. The molecule has 0 radical (unpaired) electrons. The fraction of sp³-hybridized carbons (Fsp3) is 0.500. The Morgan fingerprint density at radius 3 is 2.72 bits per heavy atom. The normalized spacial score (nSPS) is 23.7. The molecule has 0 saturated heterocycles. The number of hydrogen-bond donors (Lipinski definition) is 0. The molecule has 1 amide bonds. The van der Waals surface area contributed by atoms with Crippen LogP contribution < -0.4 is 0 Å². The molecule has 2 atom stereocenters. The van der Waals surface area contributed by atoms with E-state index in [1.165, 1.54) is 12.8 Å². The van der Waals surface area contributed by atoms with E-state index in [0.717, 1.165) is 22.9 Å². The monoisotopic (exact) mass is 373 g/mol. The molecule has 0 N–H and O–H groups in total. The number of hydrogen-bond acceptors (Lipinski definition) is 1. The maximum atomic E-state index is 12.4. The van der Waals surface area contributed by atoms with E-state index in [-0.39, 0.29) is 5.91 Å². The number of benzene rings is 1. The summed E-state index contributed by atoms with van der Waals surface area (Å²) < 4.78 is 0.945. The molecule has 2 nitrogen and oxygen atoms in total. The molecule has 1 aliphatic carbocycles. The van der Waals surface area contributed by atoms with Crippen molar-refractivity contribution >= 4 is 37.8 Å². The van der Waals surface area contributed by atoms with Crippen LogP contribution in [0.1, 0.15) is 36.0 Å². The molecular formula is C14H17Br2NO. The van der Waals surface area contributed by atoms with Crippen LogP contribution in [-0.2, 0) is 0 Å². The van der Waals surface area contributed by atoms with E-state index >= 15 is 0 Å². The van der Waals surface area contributed by atoms with Crippen molar-refractivity contribution in [1.82, 2.24) is 4.90 Å². The van der Waals surface area contributed by atoms with Crippen LogP contribution in [0.15, 0.2) is 28.7 Å². The molecule has 2 unspecified atom stereocenters. The van der Waals surface area contributed by atoms with Crippen LogP contribution in [0.2, 0.25) is 0 Å². The number of rotatable bonds is 2. The molecule has 0 spiro atoms. The largest absolute Gasteiger partial charge is 0.338 e. The van der Waals surface area contributed by atoms with Gasteiger partial charge in [-0.3, -0.25) is 4.79 Å². The molecule has 0 bridgehead atoms. The number of nitrogens with zero attached hydrogens (tertiary/aromatic N) is 1. The summed E-state index contributed by atoms with van der Waals surface area (Å²) in [4.78, 5) is 14.7. The van der Waals surface area contributed by atoms with Gasteiger partial charge in [0.15, 0.2) is 0 Å². The highest BCUT2D eigenvalue weighted by atomic mass is 79.9. The number of alkyl halides is 1. The third-order valence-corrected chi connectivity index (χ3v) is 5.10. The Hall–Kier alpha value is -0.350. The second-order valence-electron chi connectivity index (χ2n) is 4.79. The SMILES string of the molecule is CN(C(=O)c1cccc(Br)c1)C1CCCCC1Br. The molecule has 18 heavy (non-hydrogen) atoms. The van der Waals surface area contributed by atoms with Gasteiger partial charge in [-0.05, 0) is 31.0 Å². The van der Waals surface area contributed by atoms with Crippen molar-refractivity contribution in [2.24, 2.45) is 0 Å². The fourth-order valence-corrected chi connectivity index (χ4v) is 3.82. The highest BCUT2D eigenvalue weighted by Crippen LogP contribution is 2.28. The molecule has 0 heterocycles. The van der Waals surface area contributed by atoms with Crippen molar-refractivity contribution < 1.29 is 4.79 Å². The summed E-state index contributed by atoms with van der Waals surface area (Å²) in [6, 6.07) is 7.90. The first-order chi connectivity index (χ1) is 8.59. The Labute approximate surface area is 125 Å². The first-order valence-electron chi connectivity index (χ1n) is 6.26. The number of amides is 1. The van der Waals surface area contributed by atoms with Gasteiger partial charge in [0.25, 0.3) is 5.91 Å². The summed E-state index contributed by atoms with van der Waals surface area (Å²) in [7, 11) is 1.91. The highest BCUT2D eigenvalue weighted by Gasteiger charge is 2.29. The van der Waals surface area contributed by atoms with Crippen LogP contribution in [0.4, 0.5) is 0 Å². The standard InChI is InChI=1S/C14H17Br2NO/c1-17(13-8-3-2-7-12(13)16)14(18)10-5-4-6-11(15)9-10/h4-6,9,12-13H,2-3,7-8H2,1H3. The minimum atomic E-state index is 0.104. The predicted octanol–water partition coefficient (Wildman–Crippen LogP) is 4.23. The lowest BCUT2D eigenvalue weighted by molar-refractivity contribution is 0.0704. The summed E-state index contributed by atoms with van der Waals surface area (Å²) in [6.07, 6.45) is 4.71. The molecule has 0 aromatic heterocycles.